The van der Waals surface area contributed by atoms with E-state index in [1.807, 2.05) is 49.4 Å². The summed E-state index contributed by atoms with van der Waals surface area (Å²) in [5.41, 5.74) is 5.74. The summed E-state index contributed by atoms with van der Waals surface area (Å²) in [4.78, 5) is 0. The second kappa shape index (κ2) is 5.72. The van der Waals surface area contributed by atoms with E-state index in [0.717, 1.165) is 21.7 Å². The highest BCUT2D eigenvalue weighted by atomic mass is 35.5. The number of nitrogens with two attached hydrogens (primary N) is 1. The van der Waals surface area contributed by atoms with E-state index in [4.69, 9.17) is 29.0 Å². The van der Waals surface area contributed by atoms with Crippen molar-refractivity contribution in [1.82, 2.24) is 5.43 Å². The van der Waals surface area contributed by atoms with Crippen molar-refractivity contribution < 1.29 is 0 Å². The van der Waals surface area contributed by atoms with Crippen LogP contribution in [0.4, 0.5) is 0 Å². The molecular weight excluding hydrogens is 267 g/mol. The van der Waals surface area contributed by atoms with Crippen LogP contribution in [0.2, 0.25) is 10.0 Å². The van der Waals surface area contributed by atoms with Gasteiger partial charge < -0.3 is 0 Å². The second-order valence-electron chi connectivity index (χ2n) is 4.13. The van der Waals surface area contributed by atoms with Gasteiger partial charge in [-0.05, 0) is 35.7 Å². The van der Waals surface area contributed by atoms with Gasteiger partial charge >= 0.3 is 0 Å². The number of aryl methyl sites for hydroxylation is 1. The minimum absolute atomic E-state index is 0.170. The van der Waals surface area contributed by atoms with Crippen LogP contribution in [0.5, 0.6) is 0 Å². The molecule has 0 spiro atoms. The maximum absolute atomic E-state index is 6.19. The predicted octanol–water partition coefficient (Wildman–Crippen LogP) is 3.85. The van der Waals surface area contributed by atoms with E-state index in [0.29, 0.717) is 5.02 Å². The van der Waals surface area contributed by atoms with Crippen LogP contribution in [0.25, 0.3) is 0 Å². The average molecular weight is 281 g/mol. The van der Waals surface area contributed by atoms with E-state index in [-0.39, 0.29) is 6.04 Å². The number of rotatable bonds is 3. The molecular formula is C14H14Cl2N2. The Morgan fingerprint density at radius 2 is 1.78 bits per heavy atom. The molecule has 2 nitrogen and oxygen atoms in total. The molecule has 18 heavy (non-hydrogen) atoms. The van der Waals surface area contributed by atoms with E-state index in [1.165, 1.54) is 0 Å². The topological polar surface area (TPSA) is 38.0 Å². The molecule has 0 aliphatic heterocycles. The number of nitrogens with one attached hydrogen (secondary N) is 1. The standard InChI is InChI=1S/C14H14Cl2N2/c1-9-6-7-10(8-13(9)16)14(18-17)11-4-2-3-5-12(11)15/h2-8,14,18H,17H2,1H3. The van der Waals surface area contributed by atoms with Crippen molar-refractivity contribution in [2.24, 2.45) is 5.84 Å². The molecule has 0 aromatic heterocycles. The summed E-state index contributed by atoms with van der Waals surface area (Å²) in [6.45, 7) is 1.96. The maximum Gasteiger partial charge on any atom is 0.0725 e. The lowest BCUT2D eigenvalue weighted by atomic mass is 9.98. The molecule has 0 bridgehead atoms. The number of hydrazine groups is 1. The molecule has 0 saturated carbocycles. The van der Waals surface area contributed by atoms with Crippen LogP contribution in [-0.2, 0) is 0 Å². The van der Waals surface area contributed by atoms with E-state index in [9.17, 15) is 0 Å². The zero-order chi connectivity index (χ0) is 13.1. The van der Waals surface area contributed by atoms with Gasteiger partial charge in [-0.3, -0.25) is 5.84 Å². The summed E-state index contributed by atoms with van der Waals surface area (Å²) in [7, 11) is 0. The van der Waals surface area contributed by atoms with Gasteiger partial charge in [-0.15, -0.1) is 0 Å². The predicted molar refractivity (Wildman–Crippen MR) is 76.8 cm³/mol. The minimum Gasteiger partial charge on any atom is -0.271 e. The fraction of sp³-hybridized carbons (Fsp3) is 0.143. The van der Waals surface area contributed by atoms with E-state index >= 15 is 0 Å². The lowest BCUT2D eigenvalue weighted by Crippen LogP contribution is -2.29. The van der Waals surface area contributed by atoms with Gasteiger partial charge in [0.2, 0.25) is 0 Å². The molecule has 2 aromatic rings. The maximum atomic E-state index is 6.19. The van der Waals surface area contributed by atoms with E-state index in [1.54, 1.807) is 0 Å². The summed E-state index contributed by atoms with van der Waals surface area (Å²) in [6, 6.07) is 13.3. The highest BCUT2D eigenvalue weighted by Gasteiger charge is 2.15. The highest BCUT2D eigenvalue weighted by Crippen LogP contribution is 2.29. The van der Waals surface area contributed by atoms with Crippen molar-refractivity contribution in [2.45, 2.75) is 13.0 Å². The first kappa shape index (κ1) is 13.4. The Hall–Kier alpha value is -1.06. The molecule has 2 aromatic carbocycles. The largest absolute Gasteiger partial charge is 0.271 e. The Kier molecular flexibility index (Phi) is 4.25. The summed E-state index contributed by atoms with van der Waals surface area (Å²) < 4.78 is 0. The van der Waals surface area contributed by atoms with Crippen LogP contribution in [0.3, 0.4) is 0 Å². The van der Waals surface area contributed by atoms with Gasteiger partial charge in [-0.2, -0.15) is 0 Å². The Labute approximate surface area is 117 Å². The van der Waals surface area contributed by atoms with Crippen LogP contribution >= 0.6 is 23.2 Å². The zero-order valence-electron chi connectivity index (χ0n) is 9.95. The zero-order valence-corrected chi connectivity index (χ0v) is 11.5. The minimum atomic E-state index is -0.170. The molecule has 0 radical (unpaired) electrons. The summed E-state index contributed by atoms with van der Waals surface area (Å²) in [5.74, 6) is 5.64. The van der Waals surface area contributed by atoms with Gasteiger partial charge in [0.1, 0.15) is 0 Å². The van der Waals surface area contributed by atoms with Crippen LogP contribution < -0.4 is 11.3 Å². The van der Waals surface area contributed by atoms with E-state index < -0.39 is 0 Å². The third-order valence-corrected chi connectivity index (χ3v) is 3.66. The molecule has 3 N–H and O–H groups in total. The Balaban J connectivity index is 2.45. The van der Waals surface area contributed by atoms with Crippen molar-refractivity contribution >= 4 is 23.2 Å². The van der Waals surface area contributed by atoms with Crippen molar-refractivity contribution in [2.75, 3.05) is 0 Å². The number of hydrogen-bond acceptors (Lipinski definition) is 2. The summed E-state index contributed by atoms with van der Waals surface area (Å²) in [5, 5.41) is 1.40. The number of halogens is 2. The molecule has 0 amide bonds. The van der Waals surface area contributed by atoms with Gasteiger partial charge in [0.15, 0.2) is 0 Å². The smallest absolute Gasteiger partial charge is 0.0725 e. The van der Waals surface area contributed by atoms with Crippen molar-refractivity contribution in [3.63, 3.8) is 0 Å². The Morgan fingerprint density at radius 1 is 1.06 bits per heavy atom. The molecule has 2 rings (SSSR count). The average Bonchev–Trinajstić information content (AvgIpc) is 2.37. The fourth-order valence-corrected chi connectivity index (χ4v) is 2.30. The van der Waals surface area contributed by atoms with Crippen LogP contribution in [-0.4, -0.2) is 0 Å². The first-order valence-corrected chi connectivity index (χ1v) is 6.35. The SMILES string of the molecule is Cc1ccc(C(NN)c2ccccc2Cl)cc1Cl. The monoisotopic (exact) mass is 280 g/mol. The quantitative estimate of drug-likeness (QED) is 0.662. The molecule has 1 atom stereocenters. The van der Waals surface area contributed by atoms with Crippen LogP contribution in [0, 0.1) is 6.92 Å². The first-order chi connectivity index (χ1) is 8.63. The molecule has 0 aliphatic carbocycles. The lowest BCUT2D eigenvalue weighted by Gasteiger charge is -2.18. The Bertz CT molecular complexity index is 555. The van der Waals surface area contributed by atoms with Gasteiger partial charge in [0.05, 0.1) is 6.04 Å². The van der Waals surface area contributed by atoms with Gasteiger partial charge in [0, 0.05) is 10.0 Å². The molecule has 0 fully saturated rings. The van der Waals surface area contributed by atoms with Crippen molar-refractivity contribution in [3.05, 3.63) is 69.2 Å². The molecule has 4 heteroatoms. The normalized spacial score (nSPS) is 12.4. The number of benzene rings is 2. The molecule has 94 valence electrons. The lowest BCUT2D eigenvalue weighted by molar-refractivity contribution is 0.637. The van der Waals surface area contributed by atoms with Crippen molar-refractivity contribution in [1.29, 1.82) is 0 Å². The van der Waals surface area contributed by atoms with Crippen LogP contribution in [0.15, 0.2) is 42.5 Å². The molecule has 0 heterocycles. The molecule has 0 aliphatic rings. The third-order valence-electron chi connectivity index (χ3n) is 2.91. The second-order valence-corrected chi connectivity index (χ2v) is 4.94. The molecule has 0 saturated heterocycles. The first-order valence-electron chi connectivity index (χ1n) is 5.60. The third kappa shape index (κ3) is 2.68. The van der Waals surface area contributed by atoms with Crippen LogP contribution in [0.1, 0.15) is 22.7 Å². The van der Waals surface area contributed by atoms with Gasteiger partial charge in [0.25, 0.3) is 0 Å². The highest BCUT2D eigenvalue weighted by molar-refractivity contribution is 6.31. The van der Waals surface area contributed by atoms with Gasteiger partial charge in [-0.25, -0.2) is 5.43 Å². The summed E-state index contributed by atoms with van der Waals surface area (Å²) >= 11 is 12.3. The Morgan fingerprint density at radius 3 is 2.39 bits per heavy atom. The fourth-order valence-electron chi connectivity index (χ4n) is 1.86. The van der Waals surface area contributed by atoms with Gasteiger partial charge in [-0.1, -0.05) is 53.5 Å². The summed E-state index contributed by atoms with van der Waals surface area (Å²) in [6.07, 6.45) is 0. The number of hydrogen-bond donors (Lipinski definition) is 2. The van der Waals surface area contributed by atoms with Crippen molar-refractivity contribution in [3.8, 4) is 0 Å². The molecule has 1 unspecified atom stereocenters. The van der Waals surface area contributed by atoms with E-state index in [2.05, 4.69) is 5.43 Å².